The highest BCUT2D eigenvalue weighted by molar-refractivity contribution is 5.12. The van der Waals surface area contributed by atoms with Crippen LogP contribution in [-0.4, -0.2) is 21.4 Å². The zero-order valence-corrected chi connectivity index (χ0v) is 9.32. The molecule has 0 aliphatic rings. The molecule has 0 spiro atoms. The third kappa shape index (κ3) is 3.79. The highest BCUT2D eigenvalue weighted by Gasteiger charge is 2.12. The van der Waals surface area contributed by atoms with Crippen molar-refractivity contribution in [1.82, 2.24) is 9.78 Å². The third-order valence-electron chi connectivity index (χ3n) is 1.51. The Kier molecular flexibility index (Phi) is 3.16. The molecule has 0 amide bonds. The van der Waals surface area contributed by atoms with Crippen LogP contribution in [0.5, 0.6) is 5.75 Å². The molecule has 2 N–H and O–H groups in total. The Hall–Kier alpha value is -1.03. The smallest absolute Gasteiger partial charge is 0.157 e. The topological polar surface area (TPSA) is 53.1 Å². The van der Waals surface area contributed by atoms with Crippen LogP contribution in [0, 0.1) is 0 Å². The summed E-state index contributed by atoms with van der Waals surface area (Å²) in [5.41, 5.74) is 5.48. The first-order chi connectivity index (χ1) is 6.37. The third-order valence-corrected chi connectivity index (χ3v) is 1.51. The molecule has 4 nitrogen and oxygen atoms in total. The summed E-state index contributed by atoms with van der Waals surface area (Å²) in [6, 6.07) is 0.109. The maximum atomic E-state index is 5.66. The van der Waals surface area contributed by atoms with Crippen molar-refractivity contribution in [3.63, 3.8) is 0 Å². The van der Waals surface area contributed by atoms with E-state index in [-0.39, 0.29) is 11.6 Å². The summed E-state index contributed by atoms with van der Waals surface area (Å²) in [4.78, 5) is 0. The maximum absolute atomic E-state index is 5.66. The first-order valence-corrected chi connectivity index (χ1v) is 4.84. The molecule has 1 atom stereocenters. The van der Waals surface area contributed by atoms with Crippen molar-refractivity contribution in [3.05, 3.63) is 12.4 Å². The Labute approximate surface area is 85.0 Å². The van der Waals surface area contributed by atoms with Crippen molar-refractivity contribution < 1.29 is 4.74 Å². The summed E-state index contributed by atoms with van der Waals surface area (Å²) in [6.45, 7) is 8.70. The minimum absolute atomic E-state index is 0.109. The van der Waals surface area contributed by atoms with Gasteiger partial charge in [-0.3, -0.25) is 4.68 Å². The second kappa shape index (κ2) is 4.00. The zero-order chi connectivity index (χ0) is 10.8. The molecule has 80 valence electrons. The summed E-state index contributed by atoms with van der Waals surface area (Å²) >= 11 is 0. The fraction of sp³-hybridized carbons (Fsp3) is 0.700. The van der Waals surface area contributed by atoms with Gasteiger partial charge in [0.25, 0.3) is 0 Å². The summed E-state index contributed by atoms with van der Waals surface area (Å²) in [5.74, 6) is 0.790. The molecular formula is C10H19N3O. The van der Waals surface area contributed by atoms with Gasteiger partial charge in [-0.25, -0.2) is 0 Å². The first kappa shape index (κ1) is 11.0. The molecular weight excluding hydrogens is 178 g/mol. The standard InChI is InChI=1S/C10H19N3O/c1-8(11)6-13-7-9(5-12-13)14-10(2,3)4/h5,7-8H,6,11H2,1-4H3. The van der Waals surface area contributed by atoms with Gasteiger partial charge in [0.2, 0.25) is 0 Å². The molecule has 1 heterocycles. The summed E-state index contributed by atoms with van der Waals surface area (Å²) < 4.78 is 7.44. The molecule has 0 aromatic carbocycles. The molecule has 0 fully saturated rings. The van der Waals surface area contributed by atoms with Crippen LogP contribution in [0.2, 0.25) is 0 Å². The van der Waals surface area contributed by atoms with Crippen LogP contribution in [0.15, 0.2) is 12.4 Å². The van der Waals surface area contributed by atoms with Crippen molar-refractivity contribution in [2.45, 2.75) is 45.9 Å². The van der Waals surface area contributed by atoms with Gasteiger partial charge in [0, 0.05) is 6.04 Å². The van der Waals surface area contributed by atoms with Gasteiger partial charge in [-0.15, -0.1) is 0 Å². The van der Waals surface area contributed by atoms with Crippen molar-refractivity contribution in [2.75, 3.05) is 0 Å². The van der Waals surface area contributed by atoms with E-state index >= 15 is 0 Å². The number of nitrogens with zero attached hydrogens (tertiary/aromatic N) is 2. The van der Waals surface area contributed by atoms with Crippen LogP contribution in [0.3, 0.4) is 0 Å². The van der Waals surface area contributed by atoms with E-state index in [2.05, 4.69) is 5.10 Å². The fourth-order valence-electron chi connectivity index (χ4n) is 1.15. The fourth-order valence-corrected chi connectivity index (χ4v) is 1.15. The molecule has 1 unspecified atom stereocenters. The predicted octanol–water partition coefficient (Wildman–Crippen LogP) is 1.41. The van der Waals surface area contributed by atoms with E-state index in [1.807, 2.05) is 33.9 Å². The lowest BCUT2D eigenvalue weighted by Gasteiger charge is -2.19. The van der Waals surface area contributed by atoms with Crippen molar-refractivity contribution >= 4 is 0 Å². The number of hydrogen-bond donors (Lipinski definition) is 1. The molecule has 0 saturated heterocycles. The Balaban J connectivity index is 2.60. The normalized spacial score (nSPS) is 14.1. The Morgan fingerprint density at radius 3 is 2.71 bits per heavy atom. The van der Waals surface area contributed by atoms with E-state index < -0.39 is 0 Å². The van der Waals surface area contributed by atoms with E-state index in [9.17, 15) is 0 Å². The summed E-state index contributed by atoms with van der Waals surface area (Å²) in [6.07, 6.45) is 3.59. The van der Waals surface area contributed by atoms with Crippen LogP contribution in [-0.2, 0) is 6.54 Å². The van der Waals surface area contributed by atoms with E-state index in [1.54, 1.807) is 10.9 Å². The van der Waals surface area contributed by atoms with Crippen molar-refractivity contribution in [3.8, 4) is 5.75 Å². The van der Waals surface area contributed by atoms with Gasteiger partial charge < -0.3 is 10.5 Å². The van der Waals surface area contributed by atoms with E-state index in [0.717, 1.165) is 5.75 Å². The van der Waals surface area contributed by atoms with Crippen LogP contribution in [0.1, 0.15) is 27.7 Å². The second-order valence-corrected chi connectivity index (χ2v) is 4.59. The van der Waals surface area contributed by atoms with Gasteiger partial charge in [0.1, 0.15) is 5.60 Å². The average Bonchev–Trinajstić information content (AvgIpc) is 2.30. The highest BCUT2D eigenvalue weighted by Crippen LogP contribution is 2.16. The maximum Gasteiger partial charge on any atom is 0.157 e. The molecule has 1 aromatic heterocycles. The molecule has 0 aliphatic carbocycles. The predicted molar refractivity (Wildman–Crippen MR) is 56.3 cm³/mol. The molecule has 0 saturated carbocycles. The molecule has 14 heavy (non-hydrogen) atoms. The van der Waals surface area contributed by atoms with E-state index in [0.29, 0.717) is 6.54 Å². The van der Waals surface area contributed by atoms with Gasteiger partial charge in [0.15, 0.2) is 5.75 Å². The largest absolute Gasteiger partial charge is 0.485 e. The SMILES string of the molecule is CC(N)Cn1cc(OC(C)(C)C)cn1. The van der Waals surface area contributed by atoms with Gasteiger partial charge in [-0.1, -0.05) is 0 Å². The van der Waals surface area contributed by atoms with Gasteiger partial charge in [-0.2, -0.15) is 5.10 Å². The highest BCUT2D eigenvalue weighted by atomic mass is 16.5. The second-order valence-electron chi connectivity index (χ2n) is 4.59. The van der Waals surface area contributed by atoms with E-state index in [1.165, 1.54) is 0 Å². The van der Waals surface area contributed by atoms with Gasteiger partial charge >= 0.3 is 0 Å². The Bertz CT molecular complexity index is 286. The Morgan fingerprint density at radius 2 is 2.21 bits per heavy atom. The van der Waals surface area contributed by atoms with Crippen LogP contribution in [0.4, 0.5) is 0 Å². The molecule has 1 aromatic rings. The number of nitrogens with two attached hydrogens (primary N) is 1. The van der Waals surface area contributed by atoms with Crippen LogP contribution >= 0.6 is 0 Å². The lowest BCUT2D eigenvalue weighted by molar-refractivity contribution is 0.130. The van der Waals surface area contributed by atoms with E-state index in [4.69, 9.17) is 10.5 Å². The first-order valence-electron chi connectivity index (χ1n) is 4.84. The number of hydrogen-bond acceptors (Lipinski definition) is 3. The lowest BCUT2D eigenvalue weighted by atomic mass is 10.2. The quantitative estimate of drug-likeness (QED) is 0.797. The number of aromatic nitrogens is 2. The van der Waals surface area contributed by atoms with Crippen LogP contribution < -0.4 is 10.5 Å². The molecule has 4 heteroatoms. The number of ether oxygens (including phenoxy) is 1. The van der Waals surface area contributed by atoms with Gasteiger partial charge in [-0.05, 0) is 27.7 Å². The molecule has 0 radical (unpaired) electrons. The van der Waals surface area contributed by atoms with Crippen molar-refractivity contribution in [1.29, 1.82) is 0 Å². The Morgan fingerprint density at radius 1 is 1.57 bits per heavy atom. The minimum atomic E-state index is -0.178. The van der Waals surface area contributed by atoms with Crippen molar-refractivity contribution in [2.24, 2.45) is 5.73 Å². The monoisotopic (exact) mass is 197 g/mol. The van der Waals surface area contributed by atoms with Gasteiger partial charge in [0.05, 0.1) is 18.9 Å². The molecule has 0 bridgehead atoms. The number of rotatable bonds is 3. The molecule has 0 aliphatic heterocycles. The molecule has 1 rings (SSSR count). The summed E-state index contributed by atoms with van der Waals surface area (Å²) in [5, 5.41) is 4.15. The summed E-state index contributed by atoms with van der Waals surface area (Å²) in [7, 11) is 0. The average molecular weight is 197 g/mol. The lowest BCUT2D eigenvalue weighted by Crippen LogP contribution is -2.23. The minimum Gasteiger partial charge on any atom is -0.485 e. The zero-order valence-electron chi connectivity index (χ0n) is 9.32. The van der Waals surface area contributed by atoms with Crippen LogP contribution in [0.25, 0.3) is 0 Å².